The third kappa shape index (κ3) is 5.22. The molecule has 0 aliphatic heterocycles. The Morgan fingerprint density at radius 2 is 1.65 bits per heavy atom. The van der Waals surface area contributed by atoms with E-state index in [1.807, 2.05) is 51.1 Å². The fourth-order valence-electron chi connectivity index (χ4n) is 2.18. The van der Waals surface area contributed by atoms with Gasteiger partial charge in [-0.25, -0.2) is 0 Å². The minimum atomic E-state index is -1.01. The lowest BCUT2D eigenvalue weighted by Gasteiger charge is -2.23. The molecule has 5 heteroatoms. The molecule has 124 valence electrons. The van der Waals surface area contributed by atoms with Crippen molar-refractivity contribution in [3.8, 4) is 5.75 Å². The van der Waals surface area contributed by atoms with Gasteiger partial charge in [-0.05, 0) is 43.5 Å². The Kier molecular flexibility index (Phi) is 7.38. The van der Waals surface area contributed by atoms with Crippen LogP contribution < -0.4 is 0 Å². The van der Waals surface area contributed by atoms with E-state index < -0.39 is 7.58 Å². The maximum Gasteiger partial charge on any atom is 0.238 e. The molecule has 0 aromatic heterocycles. The Bertz CT molecular complexity index is 600. The van der Waals surface area contributed by atoms with Crippen molar-refractivity contribution in [1.29, 1.82) is 0 Å². The highest BCUT2D eigenvalue weighted by atomic mass is 32.7. The number of aromatic hydroxyl groups is 1. The molecular formula is C18H23O3PS. The molecule has 0 radical (unpaired) electrons. The van der Waals surface area contributed by atoms with E-state index in [1.54, 1.807) is 17.4 Å². The Hall–Kier alpha value is -1.06. The number of benzene rings is 2. The van der Waals surface area contributed by atoms with Gasteiger partial charge in [0.2, 0.25) is 7.58 Å². The van der Waals surface area contributed by atoms with E-state index in [0.717, 1.165) is 11.1 Å². The normalized spacial score (nSPS) is 12.5. The second kappa shape index (κ2) is 9.29. The summed E-state index contributed by atoms with van der Waals surface area (Å²) >= 11 is 1.70. The van der Waals surface area contributed by atoms with Crippen molar-refractivity contribution in [2.24, 2.45) is 0 Å². The lowest BCUT2D eigenvalue weighted by atomic mass is 10.0. The number of phenols is 1. The van der Waals surface area contributed by atoms with Crippen LogP contribution in [0.5, 0.6) is 5.75 Å². The topological polar surface area (TPSA) is 38.7 Å². The lowest BCUT2D eigenvalue weighted by molar-refractivity contribution is 0.283. The fraction of sp³-hybridized carbons (Fsp3) is 0.333. The molecule has 2 aromatic carbocycles. The van der Waals surface area contributed by atoms with Gasteiger partial charge in [-0.3, -0.25) is 0 Å². The van der Waals surface area contributed by atoms with E-state index >= 15 is 0 Å². The second-order valence-corrected chi connectivity index (χ2v) is 8.17. The SMILES string of the molecule is CCOP(OCC)SC(c1ccccc1)c1ccc(O)c(C)c1. The Labute approximate surface area is 143 Å². The molecule has 0 aliphatic carbocycles. The summed E-state index contributed by atoms with van der Waals surface area (Å²) in [7, 11) is -1.01. The molecular weight excluding hydrogens is 327 g/mol. The largest absolute Gasteiger partial charge is 0.508 e. The summed E-state index contributed by atoms with van der Waals surface area (Å²) in [4.78, 5) is 0. The summed E-state index contributed by atoms with van der Waals surface area (Å²) in [5, 5.41) is 9.91. The molecule has 0 bridgehead atoms. The van der Waals surface area contributed by atoms with Crippen LogP contribution in [0.15, 0.2) is 48.5 Å². The van der Waals surface area contributed by atoms with Crippen molar-refractivity contribution in [3.63, 3.8) is 0 Å². The first-order valence-corrected chi connectivity index (χ1v) is 10.4. The van der Waals surface area contributed by atoms with Crippen molar-refractivity contribution in [2.75, 3.05) is 13.2 Å². The van der Waals surface area contributed by atoms with Gasteiger partial charge in [0, 0.05) is 0 Å². The Morgan fingerprint density at radius 1 is 1.00 bits per heavy atom. The Balaban J connectivity index is 2.33. The molecule has 0 fully saturated rings. The smallest absolute Gasteiger partial charge is 0.238 e. The molecule has 0 heterocycles. The predicted molar refractivity (Wildman–Crippen MR) is 98.9 cm³/mol. The third-order valence-electron chi connectivity index (χ3n) is 3.29. The lowest BCUT2D eigenvalue weighted by Crippen LogP contribution is -1.98. The monoisotopic (exact) mass is 350 g/mol. The van der Waals surface area contributed by atoms with Crippen LogP contribution in [0.1, 0.15) is 35.8 Å². The Morgan fingerprint density at radius 3 is 2.22 bits per heavy atom. The number of hydrogen-bond donors (Lipinski definition) is 1. The van der Waals surface area contributed by atoms with Gasteiger partial charge in [-0.1, -0.05) is 53.8 Å². The number of rotatable bonds is 8. The number of hydrogen-bond acceptors (Lipinski definition) is 4. The molecule has 0 amide bonds. The average molecular weight is 350 g/mol. The zero-order valence-electron chi connectivity index (χ0n) is 13.7. The standard InChI is InChI=1S/C18H23O3PS/c1-4-20-22(21-5-2)23-18(15-9-7-6-8-10-15)16-11-12-17(19)14(3)13-16/h6-13,18-19H,4-5H2,1-3H3. The quantitative estimate of drug-likeness (QED) is 0.609. The summed E-state index contributed by atoms with van der Waals surface area (Å²) in [6.07, 6.45) is 0. The van der Waals surface area contributed by atoms with Crippen LogP contribution in [-0.2, 0) is 9.05 Å². The molecule has 23 heavy (non-hydrogen) atoms. The summed E-state index contributed by atoms with van der Waals surface area (Å²) in [6, 6.07) is 16.1. The van der Waals surface area contributed by atoms with Gasteiger partial charge in [-0.2, -0.15) is 0 Å². The molecule has 0 saturated carbocycles. The van der Waals surface area contributed by atoms with Crippen LogP contribution >= 0.6 is 19.0 Å². The molecule has 0 aliphatic rings. The van der Waals surface area contributed by atoms with Crippen LogP contribution in [0.4, 0.5) is 0 Å². The van der Waals surface area contributed by atoms with Gasteiger partial charge in [0.1, 0.15) is 5.75 Å². The van der Waals surface area contributed by atoms with Gasteiger partial charge in [-0.15, -0.1) is 0 Å². The van der Waals surface area contributed by atoms with Crippen molar-refractivity contribution in [2.45, 2.75) is 26.0 Å². The minimum Gasteiger partial charge on any atom is -0.508 e. The summed E-state index contributed by atoms with van der Waals surface area (Å²) in [5.41, 5.74) is 3.22. The highest BCUT2D eigenvalue weighted by molar-refractivity contribution is 8.53. The predicted octanol–water partition coefficient (Wildman–Crippen LogP) is 5.82. The van der Waals surface area contributed by atoms with Crippen LogP contribution in [0.3, 0.4) is 0 Å². The highest BCUT2D eigenvalue weighted by Crippen LogP contribution is 2.60. The van der Waals surface area contributed by atoms with Gasteiger partial charge >= 0.3 is 0 Å². The molecule has 3 nitrogen and oxygen atoms in total. The van der Waals surface area contributed by atoms with Crippen molar-refractivity contribution in [1.82, 2.24) is 0 Å². The molecule has 0 spiro atoms. The van der Waals surface area contributed by atoms with Crippen LogP contribution in [0.25, 0.3) is 0 Å². The summed E-state index contributed by atoms with van der Waals surface area (Å²) in [6.45, 7) is 7.15. The number of phenolic OH excluding ortho intramolecular Hbond substituents is 1. The van der Waals surface area contributed by atoms with E-state index in [-0.39, 0.29) is 5.25 Å². The zero-order valence-corrected chi connectivity index (χ0v) is 15.4. The fourth-order valence-corrected chi connectivity index (χ4v) is 5.76. The summed E-state index contributed by atoms with van der Waals surface area (Å²) in [5.74, 6) is 0.322. The van der Waals surface area contributed by atoms with E-state index in [2.05, 4.69) is 12.1 Å². The maximum atomic E-state index is 9.79. The molecule has 1 N–H and O–H groups in total. The van der Waals surface area contributed by atoms with Crippen LogP contribution in [0.2, 0.25) is 0 Å². The molecule has 0 saturated heterocycles. The molecule has 1 unspecified atom stereocenters. The van der Waals surface area contributed by atoms with Crippen LogP contribution in [-0.4, -0.2) is 18.3 Å². The maximum absolute atomic E-state index is 9.79. The third-order valence-corrected chi connectivity index (χ3v) is 6.93. The minimum absolute atomic E-state index is 0.111. The first-order chi connectivity index (χ1) is 11.2. The van der Waals surface area contributed by atoms with Crippen molar-refractivity contribution < 1.29 is 14.2 Å². The number of aryl methyl sites for hydroxylation is 1. The van der Waals surface area contributed by atoms with E-state index in [9.17, 15) is 5.11 Å². The molecule has 2 aromatic rings. The molecule has 2 rings (SSSR count). The van der Waals surface area contributed by atoms with Gasteiger partial charge in [0.25, 0.3) is 0 Å². The zero-order chi connectivity index (χ0) is 16.7. The van der Waals surface area contributed by atoms with Crippen molar-refractivity contribution >= 4 is 19.0 Å². The molecule has 1 atom stereocenters. The van der Waals surface area contributed by atoms with Crippen LogP contribution in [0, 0.1) is 6.92 Å². The average Bonchev–Trinajstić information content (AvgIpc) is 2.56. The van der Waals surface area contributed by atoms with Gasteiger partial charge < -0.3 is 14.2 Å². The first-order valence-electron chi connectivity index (χ1n) is 7.72. The second-order valence-electron chi connectivity index (χ2n) is 5.00. The summed E-state index contributed by atoms with van der Waals surface area (Å²) < 4.78 is 11.5. The van der Waals surface area contributed by atoms with E-state index in [4.69, 9.17) is 9.05 Å². The highest BCUT2D eigenvalue weighted by Gasteiger charge is 2.22. The van der Waals surface area contributed by atoms with Gasteiger partial charge in [0.05, 0.1) is 18.5 Å². The van der Waals surface area contributed by atoms with E-state index in [0.29, 0.717) is 19.0 Å². The van der Waals surface area contributed by atoms with E-state index in [1.165, 1.54) is 5.56 Å². The van der Waals surface area contributed by atoms with Gasteiger partial charge in [0.15, 0.2) is 0 Å². The van der Waals surface area contributed by atoms with Crippen molar-refractivity contribution in [3.05, 3.63) is 65.2 Å². The first kappa shape index (κ1) is 18.3.